The number of nitrogens with one attached hydrogen (secondary N) is 2. The van der Waals surface area contributed by atoms with Gasteiger partial charge in [0, 0.05) is 13.1 Å². The van der Waals surface area contributed by atoms with Crippen molar-refractivity contribution in [3.63, 3.8) is 0 Å². The Kier molecular flexibility index (Phi) is 6.76. The van der Waals surface area contributed by atoms with E-state index in [4.69, 9.17) is 4.74 Å². The molecule has 2 N–H and O–H groups in total. The third-order valence-electron chi connectivity index (χ3n) is 3.00. The fourth-order valence-corrected chi connectivity index (χ4v) is 2.22. The van der Waals surface area contributed by atoms with Crippen molar-refractivity contribution in [3.05, 3.63) is 28.8 Å². The van der Waals surface area contributed by atoms with Crippen LogP contribution in [0.1, 0.15) is 23.6 Å². The van der Waals surface area contributed by atoms with E-state index < -0.39 is 0 Å². The lowest BCUT2D eigenvalue weighted by Gasteiger charge is -2.13. The van der Waals surface area contributed by atoms with Crippen molar-refractivity contribution in [2.45, 2.75) is 27.2 Å². The molecular formula is C15H26N2O. The fraction of sp³-hybridized carbons (Fsp3) is 0.600. The summed E-state index contributed by atoms with van der Waals surface area (Å²) in [7, 11) is 1.75. The first-order valence-electron chi connectivity index (χ1n) is 6.74. The van der Waals surface area contributed by atoms with E-state index in [1.54, 1.807) is 7.11 Å². The number of aryl methyl sites for hydroxylation is 2. The molecule has 1 aromatic carbocycles. The summed E-state index contributed by atoms with van der Waals surface area (Å²) in [4.78, 5) is 0. The van der Waals surface area contributed by atoms with Crippen LogP contribution in [0.5, 0.6) is 5.75 Å². The number of hydrogen-bond acceptors (Lipinski definition) is 3. The summed E-state index contributed by atoms with van der Waals surface area (Å²) < 4.78 is 5.49. The minimum atomic E-state index is 0.991. The van der Waals surface area contributed by atoms with Crippen LogP contribution in [-0.2, 0) is 6.42 Å². The van der Waals surface area contributed by atoms with Crippen LogP contribution in [0.15, 0.2) is 12.1 Å². The summed E-state index contributed by atoms with van der Waals surface area (Å²) >= 11 is 0. The van der Waals surface area contributed by atoms with Crippen molar-refractivity contribution in [3.8, 4) is 5.75 Å². The van der Waals surface area contributed by atoms with Crippen molar-refractivity contribution in [2.24, 2.45) is 0 Å². The van der Waals surface area contributed by atoms with Crippen LogP contribution >= 0.6 is 0 Å². The van der Waals surface area contributed by atoms with Crippen LogP contribution in [0.3, 0.4) is 0 Å². The van der Waals surface area contributed by atoms with E-state index in [-0.39, 0.29) is 0 Å². The van der Waals surface area contributed by atoms with E-state index in [9.17, 15) is 0 Å². The zero-order valence-corrected chi connectivity index (χ0v) is 12.1. The highest BCUT2D eigenvalue weighted by Gasteiger charge is 2.06. The fourth-order valence-electron chi connectivity index (χ4n) is 2.22. The summed E-state index contributed by atoms with van der Waals surface area (Å²) in [6.45, 7) is 10.4. The molecule has 3 nitrogen and oxygen atoms in total. The molecule has 0 aromatic heterocycles. The Balaban J connectivity index is 2.46. The second-order valence-electron chi connectivity index (χ2n) is 4.63. The molecule has 3 heteroatoms. The Morgan fingerprint density at radius 2 is 1.78 bits per heavy atom. The summed E-state index contributed by atoms with van der Waals surface area (Å²) in [5.41, 5.74) is 3.82. The van der Waals surface area contributed by atoms with Gasteiger partial charge in [-0.3, -0.25) is 0 Å². The van der Waals surface area contributed by atoms with Gasteiger partial charge in [-0.25, -0.2) is 0 Å². The van der Waals surface area contributed by atoms with Gasteiger partial charge in [-0.15, -0.1) is 0 Å². The summed E-state index contributed by atoms with van der Waals surface area (Å²) in [5, 5.41) is 6.74. The lowest BCUT2D eigenvalue weighted by molar-refractivity contribution is 0.406. The average Bonchev–Trinajstić information content (AvgIpc) is 2.33. The Morgan fingerprint density at radius 1 is 1.06 bits per heavy atom. The molecule has 0 unspecified atom stereocenters. The van der Waals surface area contributed by atoms with E-state index in [1.165, 1.54) is 16.7 Å². The molecule has 1 aromatic rings. The maximum absolute atomic E-state index is 5.49. The molecule has 0 aliphatic carbocycles. The number of likely N-dealkylation sites (N-methyl/N-ethyl adjacent to an activating group) is 1. The van der Waals surface area contributed by atoms with Crippen molar-refractivity contribution >= 4 is 0 Å². The molecule has 0 bridgehead atoms. The molecule has 0 spiro atoms. The standard InChI is InChI=1S/C15H26N2O/c1-5-16-8-9-17-7-6-14-11-12(2)10-13(3)15(14)18-4/h10-11,16-17H,5-9H2,1-4H3. The van der Waals surface area contributed by atoms with Crippen molar-refractivity contribution < 1.29 is 4.74 Å². The summed E-state index contributed by atoms with van der Waals surface area (Å²) in [6, 6.07) is 4.39. The van der Waals surface area contributed by atoms with Crippen LogP contribution in [0.2, 0.25) is 0 Å². The SMILES string of the molecule is CCNCCNCCc1cc(C)cc(C)c1OC. The predicted octanol–water partition coefficient (Wildman–Crippen LogP) is 2.05. The second-order valence-corrected chi connectivity index (χ2v) is 4.63. The summed E-state index contributed by atoms with van der Waals surface area (Å²) in [6.07, 6.45) is 1.01. The lowest BCUT2D eigenvalue weighted by Crippen LogP contribution is -2.28. The number of hydrogen-bond donors (Lipinski definition) is 2. The topological polar surface area (TPSA) is 33.3 Å². The molecule has 0 saturated carbocycles. The van der Waals surface area contributed by atoms with Gasteiger partial charge in [0.2, 0.25) is 0 Å². The second kappa shape index (κ2) is 8.11. The van der Waals surface area contributed by atoms with Crippen LogP contribution in [-0.4, -0.2) is 33.3 Å². The van der Waals surface area contributed by atoms with Gasteiger partial charge in [-0.05, 0) is 44.5 Å². The molecular weight excluding hydrogens is 224 g/mol. The van der Waals surface area contributed by atoms with Gasteiger partial charge in [0.25, 0.3) is 0 Å². The number of benzene rings is 1. The third-order valence-corrected chi connectivity index (χ3v) is 3.00. The van der Waals surface area contributed by atoms with Crippen molar-refractivity contribution in [1.82, 2.24) is 10.6 Å². The summed E-state index contributed by atoms with van der Waals surface area (Å²) in [5.74, 6) is 1.04. The first-order valence-corrected chi connectivity index (χ1v) is 6.74. The van der Waals surface area contributed by atoms with Gasteiger partial charge in [0.05, 0.1) is 7.11 Å². The highest BCUT2D eigenvalue weighted by molar-refractivity contribution is 5.43. The third kappa shape index (κ3) is 4.67. The van der Waals surface area contributed by atoms with E-state index in [0.717, 1.165) is 38.3 Å². The highest BCUT2D eigenvalue weighted by Crippen LogP contribution is 2.25. The maximum Gasteiger partial charge on any atom is 0.125 e. The Bertz CT molecular complexity index is 364. The number of rotatable bonds is 8. The van der Waals surface area contributed by atoms with Gasteiger partial charge < -0.3 is 15.4 Å². The van der Waals surface area contributed by atoms with Crippen molar-refractivity contribution in [1.29, 1.82) is 0 Å². The molecule has 1 rings (SSSR count). The van der Waals surface area contributed by atoms with Gasteiger partial charge in [-0.2, -0.15) is 0 Å². The molecule has 0 radical (unpaired) electrons. The Hall–Kier alpha value is -1.06. The molecule has 0 atom stereocenters. The minimum Gasteiger partial charge on any atom is -0.496 e. The first kappa shape index (κ1) is 15.0. The Labute approximate surface area is 111 Å². The van der Waals surface area contributed by atoms with E-state index in [0.29, 0.717) is 0 Å². The first-order chi connectivity index (χ1) is 8.69. The average molecular weight is 250 g/mol. The van der Waals surface area contributed by atoms with Crippen molar-refractivity contribution in [2.75, 3.05) is 33.3 Å². The normalized spacial score (nSPS) is 10.7. The molecule has 0 aliphatic heterocycles. The van der Waals surface area contributed by atoms with E-state index in [2.05, 4.69) is 43.5 Å². The predicted molar refractivity (Wildman–Crippen MR) is 77.6 cm³/mol. The zero-order chi connectivity index (χ0) is 13.4. The van der Waals surface area contributed by atoms with E-state index >= 15 is 0 Å². The highest BCUT2D eigenvalue weighted by atomic mass is 16.5. The molecule has 0 fully saturated rings. The van der Waals surface area contributed by atoms with Crippen LogP contribution in [0, 0.1) is 13.8 Å². The maximum atomic E-state index is 5.49. The quantitative estimate of drug-likeness (QED) is 0.693. The monoisotopic (exact) mass is 250 g/mol. The van der Waals surface area contributed by atoms with Crippen LogP contribution < -0.4 is 15.4 Å². The van der Waals surface area contributed by atoms with Gasteiger partial charge in [0.15, 0.2) is 0 Å². The molecule has 0 amide bonds. The smallest absolute Gasteiger partial charge is 0.125 e. The Morgan fingerprint density at radius 3 is 2.44 bits per heavy atom. The zero-order valence-electron chi connectivity index (χ0n) is 12.1. The van der Waals surface area contributed by atoms with Crippen LogP contribution in [0.4, 0.5) is 0 Å². The van der Waals surface area contributed by atoms with Gasteiger partial charge in [-0.1, -0.05) is 24.6 Å². The molecule has 102 valence electrons. The lowest BCUT2D eigenvalue weighted by atomic mass is 10.0. The molecule has 0 saturated heterocycles. The number of ether oxygens (including phenoxy) is 1. The molecule has 0 heterocycles. The van der Waals surface area contributed by atoms with Gasteiger partial charge in [0.1, 0.15) is 5.75 Å². The van der Waals surface area contributed by atoms with E-state index in [1.807, 2.05) is 0 Å². The largest absolute Gasteiger partial charge is 0.496 e. The minimum absolute atomic E-state index is 0.991. The number of methoxy groups -OCH3 is 1. The molecule has 0 aliphatic rings. The molecule has 18 heavy (non-hydrogen) atoms. The van der Waals surface area contributed by atoms with Gasteiger partial charge >= 0.3 is 0 Å². The van der Waals surface area contributed by atoms with Crippen LogP contribution in [0.25, 0.3) is 0 Å².